The number of amides is 1. The van der Waals surface area contributed by atoms with E-state index in [4.69, 9.17) is 20.1 Å². The van der Waals surface area contributed by atoms with Crippen LogP contribution in [0.2, 0.25) is 5.02 Å². The van der Waals surface area contributed by atoms with Gasteiger partial charge in [0, 0.05) is 22.7 Å². The van der Waals surface area contributed by atoms with Crippen LogP contribution in [-0.4, -0.2) is 52.0 Å². The van der Waals surface area contributed by atoms with Crippen LogP contribution in [0.15, 0.2) is 48.9 Å². The Morgan fingerprint density at radius 1 is 1.26 bits per heavy atom. The van der Waals surface area contributed by atoms with E-state index in [1.165, 1.54) is 29.3 Å². The van der Waals surface area contributed by atoms with Gasteiger partial charge in [-0.25, -0.2) is 9.97 Å². The summed E-state index contributed by atoms with van der Waals surface area (Å²) >= 11 is 6.27. The number of imidazole rings is 1. The van der Waals surface area contributed by atoms with Crippen LogP contribution in [0.4, 0.5) is 10.2 Å². The van der Waals surface area contributed by atoms with Crippen molar-refractivity contribution >= 4 is 28.9 Å². The first-order valence-electron chi connectivity index (χ1n) is 11.8. The third kappa shape index (κ3) is 3.73. The minimum Gasteiger partial charge on any atom is -0.384 e. The maximum absolute atomic E-state index is 14.4. The van der Waals surface area contributed by atoms with Crippen LogP contribution in [0.5, 0.6) is 0 Å². The van der Waals surface area contributed by atoms with Gasteiger partial charge in [-0.15, -0.1) is 5.10 Å². The number of nitrogens with one attached hydrogen (secondary N) is 1. The summed E-state index contributed by atoms with van der Waals surface area (Å²) in [6.45, 7) is 0. The standard InChI is InChI=1S/C23H19ClFN9O/c24-13-1-4-18(33-11-28-31-32-33)16(9-13)12-7-14-2-5-19(34(14)21(35)8-12)23-27-10-17(29-23)15-3-6-20(26)30-22(15)25/h1,3-4,6,8-11,14,19H,2,5,7H2,(H2,26,30)(H,27,29)/t14-,19+/m1/s1/i4D,6D. The number of rotatable bonds is 4. The number of aromatic nitrogens is 7. The summed E-state index contributed by atoms with van der Waals surface area (Å²) < 4.78 is 32.0. The quantitative estimate of drug-likeness (QED) is 0.417. The molecule has 176 valence electrons. The number of nitrogens with zero attached hydrogens (tertiary/aromatic N) is 7. The van der Waals surface area contributed by atoms with Crippen molar-refractivity contribution in [3.05, 3.63) is 71.2 Å². The van der Waals surface area contributed by atoms with E-state index in [0.29, 0.717) is 40.6 Å². The summed E-state index contributed by atoms with van der Waals surface area (Å²) in [5, 5.41) is 11.6. The molecular weight excluding hydrogens is 473 g/mol. The topological polar surface area (TPSA) is 132 Å². The van der Waals surface area contributed by atoms with E-state index in [9.17, 15) is 9.18 Å². The van der Waals surface area contributed by atoms with Gasteiger partial charge in [-0.05, 0) is 65.5 Å². The van der Waals surface area contributed by atoms with Crippen LogP contribution < -0.4 is 5.73 Å². The molecule has 35 heavy (non-hydrogen) atoms. The van der Waals surface area contributed by atoms with Gasteiger partial charge in [-0.3, -0.25) is 4.79 Å². The SMILES string of the molecule is [2H]c1cc(-c2cnc([C@@H]3CC[C@@H]4CC(c5cc(Cl)cc([2H])c5-n5cnnn5)=CC(=O)N43)[nH]2)c(F)nc1N. The Labute approximate surface area is 206 Å². The Bertz CT molecular complexity index is 1570. The van der Waals surface area contributed by atoms with Gasteiger partial charge < -0.3 is 15.6 Å². The maximum Gasteiger partial charge on any atom is 0.247 e. The van der Waals surface area contributed by atoms with Crippen LogP contribution in [0, 0.1) is 5.95 Å². The largest absolute Gasteiger partial charge is 0.384 e. The van der Waals surface area contributed by atoms with Gasteiger partial charge in [-0.1, -0.05) is 11.6 Å². The summed E-state index contributed by atoms with van der Waals surface area (Å²) in [6.07, 6.45) is 6.35. The summed E-state index contributed by atoms with van der Waals surface area (Å²) in [5.74, 6) is -0.671. The van der Waals surface area contributed by atoms with Crippen molar-refractivity contribution in [2.75, 3.05) is 5.73 Å². The lowest BCUT2D eigenvalue weighted by Crippen LogP contribution is -2.39. The molecule has 1 saturated heterocycles. The number of halogens is 2. The number of benzene rings is 1. The van der Waals surface area contributed by atoms with Gasteiger partial charge >= 0.3 is 0 Å². The first-order chi connectivity index (χ1) is 17.8. The van der Waals surface area contributed by atoms with E-state index in [-0.39, 0.29) is 41.5 Å². The highest BCUT2D eigenvalue weighted by atomic mass is 35.5. The minimum absolute atomic E-state index is 0.0851. The molecule has 2 atom stereocenters. The highest BCUT2D eigenvalue weighted by Crippen LogP contribution is 2.43. The number of nitrogen functional groups attached to an aromatic ring is 1. The molecule has 1 aromatic carbocycles. The van der Waals surface area contributed by atoms with Gasteiger partial charge in [0.15, 0.2) is 0 Å². The van der Waals surface area contributed by atoms with E-state index >= 15 is 0 Å². The highest BCUT2D eigenvalue weighted by Gasteiger charge is 2.41. The summed E-state index contributed by atoms with van der Waals surface area (Å²) in [5.41, 5.74) is 7.77. The Morgan fingerprint density at radius 3 is 2.97 bits per heavy atom. The van der Waals surface area contributed by atoms with Crippen molar-refractivity contribution in [2.24, 2.45) is 0 Å². The lowest BCUT2D eigenvalue weighted by molar-refractivity contribution is -0.129. The fourth-order valence-corrected chi connectivity index (χ4v) is 4.97. The first-order valence-corrected chi connectivity index (χ1v) is 11.2. The number of H-pyrrole nitrogens is 1. The smallest absolute Gasteiger partial charge is 0.247 e. The number of tetrazole rings is 1. The van der Waals surface area contributed by atoms with Gasteiger partial charge in [0.1, 0.15) is 18.0 Å². The normalized spacial score (nSPS) is 20.5. The molecule has 0 bridgehead atoms. The van der Waals surface area contributed by atoms with Crippen LogP contribution >= 0.6 is 11.6 Å². The van der Waals surface area contributed by atoms with E-state index in [1.54, 1.807) is 17.0 Å². The molecule has 0 unspecified atom stereocenters. The van der Waals surface area contributed by atoms with Crippen LogP contribution in [0.25, 0.3) is 22.5 Å². The van der Waals surface area contributed by atoms with Crippen LogP contribution in [-0.2, 0) is 4.79 Å². The fraction of sp³-hybridized carbons (Fsp3) is 0.217. The molecule has 3 N–H and O–H groups in total. The van der Waals surface area contributed by atoms with E-state index < -0.39 is 5.95 Å². The number of fused-ring (bicyclic) bond motifs is 1. The summed E-state index contributed by atoms with van der Waals surface area (Å²) in [4.78, 5) is 26.3. The van der Waals surface area contributed by atoms with Crippen LogP contribution in [0.1, 0.15) is 39.4 Å². The Balaban J connectivity index is 1.32. The first kappa shape index (κ1) is 19.2. The highest BCUT2D eigenvalue weighted by molar-refractivity contribution is 6.30. The van der Waals surface area contributed by atoms with Crippen molar-refractivity contribution in [1.82, 2.24) is 40.1 Å². The Kier molecular flexibility index (Phi) is 4.54. The molecule has 0 radical (unpaired) electrons. The molecule has 0 saturated carbocycles. The number of carbonyl (C=O) groups excluding carboxylic acids is 1. The minimum atomic E-state index is -0.803. The van der Waals surface area contributed by atoms with Crippen molar-refractivity contribution in [1.29, 1.82) is 0 Å². The molecule has 3 aromatic heterocycles. The molecule has 1 amide bonds. The molecule has 0 aliphatic carbocycles. The molecule has 2 aliphatic rings. The number of hydrogen-bond acceptors (Lipinski definition) is 7. The third-order valence-corrected chi connectivity index (χ3v) is 6.54. The average Bonchev–Trinajstić information content (AvgIpc) is 3.61. The van der Waals surface area contributed by atoms with Crippen LogP contribution in [0.3, 0.4) is 0 Å². The molecule has 5 heterocycles. The summed E-state index contributed by atoms with van der Waals surface area (Å²) in [6, 6.07) is 4.13. The Morgan fingerprint density at radius 2 is 2.14 bits per heavy atom. The Hall–Kier alpha value is -4.12. The van der Waals surface area contributed by atoms with Gasteiger partial charge in [0.25, 0.3) is 0 Å². The predicted molar refractivity (Wildman–Crippen MR) is 126 cm³/mol. The van der Waals surface area contributed by atoms with Crippen molar-refractivity contribution in [2.45, 2.75) is 31.3 Å². The average molecular weight is 494 g/mol. The number of anilines is 1. The number of hydrogen-bond donors (Lipinski definition) is 2. The van der Waals surface area contributed by atoms with E-state index in [0.717, 1.165) is 12.0 Å². The molecule has 4 aromatic rings. The molecule has 12 heteroatoms. The van der Waals surface area contributed by atoms with Crippen molar-refractivity contribution in [3.8, 4) is 16.9 Å². The van der Waals surface area contributed by atoms with Gasteiger partial charge in [0.05, 0.1) is 31.9 Å². The molecule has 0 spiro atoms. The lowest BCUT2D eigenvalue weighted by atomic mass is 9.92. The number of pyridine rings is 1. The van der Waals surface area contributed by atoms with E-state index in [2.05, 4.69) is 30.5 Å². The number of nitrogens with two attached hydrogens (primary N) is 1. The number of carbonyl (C=O) groups is 1. The molecule has 2 aliphatic heterocycles. The second kappa shape index (κ2) is 8.27. The third-order valence-electron chi connectivity index (χ3n) is 6.32. The molecular formula is C23H19ClFN9O. The molecule has 6 rings (SSSR count). The maximum atomic E-state index is 14.4. The monoisotopic (exact) mass is 493 g/mol. The van der Waals surface area contributed by atoms with Crippen molar-refractivity contribution < 1.29 is 11.9 Å². The zero-order valence-electron chi connectivity index (χ0n) is 20.1. The number of aromatic amines is 1. The predicted octanol–water partition coefficient (Wildman–Crippen LogP) is 3.34. The van der Waals surface area contributed by atoms with Gasteiger partial charge in [-0.2, -0.15) is 9.07 Å². The second-order valence-corrected chi connectivity index (χ2v) is 8.81. The molecule has 10 nitrogen and oxygen atoms in total. The summed E-state index contributed by atoms with van der Waals surface area (Å²) in [7, 11) is 0. The van der Waals surface area contributed by atoms with Crippen molar-refractivity contribution in [3.63, 3.8) is 0 Å². The molecule has 1 fully saturated rings. The lowest BCUT2D eigenvalue weighted by Gasteiger charge is -2.33. The van der Waals surface area contributed by atoms with E-state index in [1.807, 2.05) is 0 Å². The van der Waals surface area contributed by atoms with Gasteiger partial charge in [0.2, 0.25) is 11.9 Å². The zero-order valence-corrected chi connectivity index (χ0v) is 18.9. The second-order valence-electron chi connectivity index (χ2n) is 8.37. The zero-order chi connectivity index (χ0) is 25.8. The fourth-order valence-electron chi connectivity index (χ4n) is 4.81.